The summed E-state index contributed by atoms with van der Waals surface area (Å²) in [5.74, 6) is -1.97. The average molecular weight is 633 g/mol. The van der Waals surface area contributed by atoms with Crippen LogP contribution in [0.25, 0.3) is 0 Å². The van der Waals surface area contributed by atoms with Crippen LogP contribution in [0, 0.1) is 5.82 Å². The summed E-state index contributed by atoms with van der Waals surface area (Å²) in [6, 6.07) is 9.64. The van der Waals surface area contributed by atoms with Crippen LogP contribution in [0.5, 0.6) is 0 Å². The molecule has 2 aromatic rings. The highest BCUT2D eigenvalue weighted by atomic mass is 32.2. The summed E-state index contributed by atoms with van der Waals surface area (Å²) in [5.41, 5.74) is -0.726. The number of rotatable bonds is 8. The fourth-order valence-electron chi connectivity index (χ4n) is 5.73. The van der Waals surface area contributed by atoms with Gasteiger partial charge in [-0.3, -0.25) is 9.59 Å². The predicted molar refractivity (Wildman–Crippen MR) is 150 cm³/mol. The van der Waals surface area contributed by atoms with Gasteiger partial charge in [0.05, 0.1) is 5.54 Å². The summed E-state index contributed by atoms with van der Waals surface area (Å²) < 4.78 is 46.1. The van der Waals surface area contributed by atoms with E-state index in [4.69, 9.17) is 9.84 Å². The van der Waals surface area contributed by atoms with E-state index < -0.39 is 63.7 Å². The van der Waals surface area contributed by atoms with Gasteiger partial charge in [0.2, 0.25) is 11.5 Å². The molecule has 0 radical (unpaired) electrons. The lowest BCUT2D eigenvalue weighted by molar-refractivity contribution is -0.148. The molecule has 44 heavy (non-hydrogen) atoms. The number of carbonyl (C=O) groups excluding carboxylic acids is 4. The molecule has 2 heterocycles. The van der Waals surface area contributed by atoms with Crippen molar-refractivity contribution >= 4 is 45.9 Å². The molecule has 2 aromatic carbocycles. The van der Waals surface area contributed by atoms with Gasteiger partial charge in [0.25, 0.3) is 5.91 Å². The molecule has 2 fully saturated rings. The first kappa shape index (κ1) is 30.7. The number of urea groups is 1. The number of halogens is 1. The lowest BCUT2D eigenvalue weighted by atomic mass is 9.91. The second-order valence-electron chi connectivity index (χ2n) is 10.9. The maximum Gasteiger partial charge on any atom is 0.419 e. The summed E-state index contributed by atoms with van der Waals surface area (Å²) in [6.07, 6.45) is -2.31. The maximum atomic E-state index is 13.8. The fourth-order valence-corrected chi connectivity index (χ4v) is 6.97. The van der Waals surface area contributed by atoms with Gasteiger partial charge in [0, 0.05) is 44.4 Å². The van der Waals surface area contributed by atoms with Crippen molar-refractivity contribution in [2.24, 2.45) is 0 Å². The molecule has 17 heteroatoms. The largest absolute Gasteiger partial charge is 0.464 e. The highest BCUT2D eigenvalue weighted by molar-refractivity contribution is 7.87. The zero-order chi connectivity index (χ0) is 32.0. The average Bonchev–Trinajstić information content (AvgIpc) is 3.41. The molecular formula is C27H29FN6O9S. The maximum absolute atomic E-state index is 13.8. The summed E-state index contributed by atoms with van der Waals surface area (Å²) in [7, 11) is -2.93. The Kier molecular flexibility index (Phi) is 7.71. The van der Waals surface area contributed by atoms with Crippen molar-refractivity contribution in [2.75, 3.05) is 32.0 Å². The van der Waals surface area contributed by atoms with Gasteiger partial charge in [-0.2, -0.15) is 12.7 Å². The van der Waals surface area contributed by atoms with Gasteiger partial charge < -0.3 is 25.4 Å². The first-order valence-corrected chi connectivity index (χ1v) is 14.8. The van der Waals surface area contributed by atoms with E-state index in [0.29, 0.717) is 33.7 Å². The molecule has 0 aromatic heterocycles. The Morgan fingerprint density at radius 2 is 1.80 bits per heavy atom. The van der Waals surface area contributed by atoms with Gasteiger partial charge in [-0.1, -0.05) is 18.2 Å². The normalized spacial score (nSPS) is 20.5. The number of carbonyl (C=O) groups is 5. The minimum absolute atomic E-state index is 0.123. The van der Waals surface area contributed by atoms with Crippen molar-refractivity contribution in [2.45, 2.75) is 37.5 Å². The molecule has 1 atom stereocenters. The number of hydrogen-bond acceptors (Lipinski definition) is 8. The minimum atomic E-state index is -4.40. The third-order valence-corrected chi connectivity index (χ3v) is 9.30. The zero-order valence-corrected chi connectivity index (χ0v) is 24.4. The SMILES string of the molecule is CNC(=O)Nc1ccc2c(c1)CC[C@@]21OC(=O)N(CC(=O)N(Cc2ccc(F)cc2)C2(C)CN(S(=O)(=O)NC(=O)O)C2)C1=O. The molecule has 1 spiro atoms. The molecule has 0 bridgehead atoms. The number of benzene rings is 2. The van der Waals surface area contributed by atoms with E-state index in [1.165, 1.54) is 40.9 Å². The molecule has 3 aliphatic rings. The van der Waals surface area contributed by atoms with Crippen LogP contribution in [-0.4, -0.2) is 89.9 Å². The highest BCUT2D eigenvalue weighted by Crippen LogP contribution is 2.46. The Balaban J connectivity index is 1.37. The summed E-state index contributed by atoms with van der Waals surface area (Å²) >= 11 is 0. The Morgan fingerprint density at radius 1 is 1.11 bits per heavy atom. The molecule has 2 saturated heterocycles. The standard InChI is InChI=1S/C27H29FN6O9S/c1-26(14-32(15-26)44(41,42)31-24(38)39)34(12-16-3-5-18(28)6-4-16)21(35)13-33-22(36)27(43-25(33)40)10-9-17-11-19(7-8-20(17)27)30-23(37)29-2/h3-8,11,31H,9-10,12-15H2,1-2H3,(H,38,39)(H2,29,30,37)/t27-/m1/s1. The minimum Gasteiger partial charge on any atom is -0.464 e. The molecule has 5 rings (SSSR count). The van der Waals surface area contributed by atoms with Crippen LogP contribution in [0.1, 0.15) is 30.0 Å². The van der Waals surface area contributed by atoms with Gasteiger partial charge in [0.15, 0.2) is 0 Å². The van der Waals surface area contributed by atoms with Crippen LogP contribution in [0.2, 0.25) is 0 Å². The lowest BCUT2D eigenvalue weighted by Gasteiger charge is -2.52. The van der Waals surface area contributed by atoms with Crippen molar-refractivity contribution in [1.29, 1.82) is 0 Å². The van der Waals surface area contributed by atoms with E-state index >= 15 is 0 Å². The number of carboxylic acid groups (broad SMARTS) is 1. The fraction of sp³-hybridized carbons (Fsp3) is 0.370. The molecule has 234 valence electrons. The predicted octanol–water partition coefficient (Wildman–Crippen LogP) is 1.31. The number of aryl methyl sites for hydroxylation is 1. The van der Waals surface area contributed by atoms with Crippen LogP contribution < -0.4 is 15.4 Å². The van der Waals surface area contributed by atoms with Gasteiger partial charge >= 0.3 is 28.4 Å². The Hall–Kier alpha value is -4.77. The number of nitrogens with zero attached hydrogens (tertiary/aromatic N) is 3. The van der Waals surface area contributed by atoms with Gasteiger partial charge in [-0.15, -0.1) is 0 Å². The van der Waals surface area contributed by atoms with E-state index in [9.17, 15) is 36.8 Å². The first-order chi connectivity index (χ1) is 20.7. The third-order valence-electron chi connectivity index (χ3n) is 7.93. The molecular weight excluding hydrogens is 603 g/mol. The van der Waals surface area contributed by atoms with Crippen LogP contribution in [0.15, 0.2) is 42.5 Å². The molecule has 2 aliphatic heterocycles. The van der Waals surface area contributed by atoms with Crippen LogP contribution in [0.3, 0.4) is 0 Å². The topological polar surface area (TPSA) is 195 Å². The Bertz CT molecular complexity index is 1660. The second kappa shape index (κ2) is 11.1. The number of imide groups is 1. The highest BCUT2D eigenvalue weighted by Gasteiger charge is 2.59. The monoisotopic (exact) mass is 632 g/mol. The first-order valence-electron chi connectivity index (χ1n) is 13.4. The number of anilines is 1. The van der Waals surface area contributed by atoms with Crippen LogP contribution in [-0.2, 0) is 43.1 Å². The second-order valence-corrected chi connectivity index (χ2v) is 12.6. The summed E-state index contributed by atoms with van der Waals surface area (Å²) in [5, 5.41) is 13.9. The lowest BCUT2D eigenvalue weighted by Crippen LogP contribution is -2.72. The van der Waals surface area contributed by atoms with Gasteiger partial charge in [-0.05, 0) is 48.7 Å². The van der Waals surface area contributed by atoms with Gasteiger partial charge in [-0.25, -0.2) is 28.4 Å². The van der Waals surface area contributed by atoms with E-state index in [-0.39, 0.29) is 26.1 Å². The van der Waals surface area contributed by atoms with Crippen molar-refractivity contribution in [1.82, 2.24) is 24.1 Å². The zero-order valence-electron chi connectivity index (χ0n) is 23.6. The quantitative estimate of drug-likeness (QED) is 0.332. The van der Waals surface area contributed by atoms with Crippen molar-refractivity contribution in [3.8, 4) is 0 Å². The van der Waals surface area contributed by atoms with Gasteiger partial charge in [0.1, 0.15) is 12.4 Å². The summed E-state index contributed by atoms with van der Waals surface area (Å²) in [6.45, 7) is 0.157. The van der Waals surface area contributed by atoms with E-state index in [1.807, 2.05) is 0 Å². The molecule has 4 N–H and O–H groups in total. The number of fused-ring (bicyclic) bond motifs is 2. The molecule has 6 amide bonds. The van der Waals surface area contributed by atoms with E-state index in [1.54, 1.807) is 25.1 Å². The number of nitrogens with one attached hydrogen (secondary N) is 3. The van der Waals surface area contributed by atoms with E-state index in [0.717, 1.165) is 4.31 Å². The Labute approximate surface area is 251 Å². The molecule has 1 aliphatic carbocycles. The summed E-state index contributed by atoms with van der Waals surface area (Å²) in [4.78, 5) is 65.1. The molecule has 0 unspecified atom stereocenters. The van der Waals surface area contributed by atoms with Crippen LogP contribution in [0.4, 0.5) is 24.5 Å². The third kappa shape index (κ3) is 5.50. The van der Waals surface area contributed by atoms with Crippen molar-refractivity contribution in [3.05, 3.63) is 65.0 Å². The number of ether oxygens (including phenoxy) is 1. The smallest absolute Gasteiger partial charge is 0.419 e. The van der Waals surface area contributed by atoms with Crippen molar-refractivity contribution < 1.29 is 46.6 Å². The Morgan fingerprint density at radius 3 is 2.43 bits per heavy atom. The van der Waals surface area contributed by atoms with E-state index in [2.05, 4.69) is 10.6 Å². The number of hydrogen-bond donors (Lipinski definition) is 4. The molecule has 15 nitrogen and oxygen atoms in total. The van der Waals surface area contributed by atoms with Crippen LogP contribution >= 0.6 is 0 Å². The van der Waals surface area contributed by atoms with Crippen molar-refractivity contribution in [3.63, 3.8) is 0 Å². The molecule has 0 saturated carbocycles. The number of amides is 6.